The maximum atomic E-state index is 10.8. The predicted molar refractivity (Wildman–Crippen MR) is 43.1 cm³/mol. The van der Waals surface area contributed by atoms with E-state index in [9.17, 15) is 13.2 Å². The number of rotatable bonds is 3. The Kier molecular flexibility index (Phi) is 4.05. The second kappa shape index (κ2) is 4.35. The summed E-state index contributed by atoms with van der Waals surface area (Å²) in [5, 5.41) is 8.77. The van der Waals surface area contributed by atoms with Gasteiger partial charge in [0, 0.05) is 5.57 Å². The lowest BCUT2D eigenvalue weighted by atomic mass is 10.2. The third-order valence-electron chi connectivity index (χ3n) is 0.994. The van der Waals surface area contributed by atoms with Crippen LogP contribution in [0.15, 0.2) is 11.6 Å². The summed E-state index contributed by atoms with van der Waals surface area (Å²) in [5.41, 5.74) is -0.104. The van der Waals surface area contributed by atoms with Crippen LogP contribution in [0.2, 0.25) is 0 Å². The van der Waals surface area contributed by atoms with Crippen molar-refractivity contribution in [2.45, 2.75) is 20.0 Å². The summed E-state index contributed by atoms with van der Waals surface area (Å²) in [7, 11) is -4.78. The smallest absolute Gasteiger partial charge is 0.389 e. The monoisotopic (exact) mass is 210 g/mol. The molecule has 0 bridgehead atoms. The highest BCUT2D eigenvalue weighted by atomic mass is 32.3. The van der Waals surface area contributed by atoms with E-state index in [1.165, 1.54) is 13.8 Å². The fourth-order valence-corrected chi connectivity index (χ4v) is 0.914. The Balaban J connectivity index is 4.47. The Hall–Kier alpha value is -0.920. The number of carbonyl (C=O) groups is 1. The van der Waals surface area contributed by atoms with Gasteiger partial charge in [0.05, 0.1) is 6.10 Å². The van der Waals surface area contributed by atoms with Crippen LogP contribution in [0.5, 0.6) is 0 Å². The maximum absolute atomic E-state index is 10.8. The molecule has 0 saturated carbocycles. The SMILES string of the molecule is C/C(=C\C(C)O)C(=O)OS(=O)(=O)O. The molecule has 1 atom stereocenters. The molecule has 0 aromatic carbocycles. The van der Waals surface area contributed by atoms with Gasteiger partial charge in [-0.15, -0.1) is 0 Å². The van der Waals surface area contributed by atoms with E-state index >= 15 is 0 Å². The van der Waals surface area contributed by atoms with E-state index in [0.29, 0.717) is 0 Å². The first-order valence-electron chi connectivity index (χ1n) is 3.30. The third-order valence-corrected chi connectivity index (χ3v) is 1.36. The van der Waals surface area contributed by atoms with Crippen molar-refractivity contribution < 1.29 is 27.1 Å². The molecule has 0 rings (SSSR count). The number of aliphatic hydroxyl groups is 1. The van der Waals surface area contributed by atoms with E-state index < -0.39 is 22.5 Å². The van der Waals surface area contributed by atoms with Crippen LogP contribution < -0.4 is 0 Å². The molecular weight excluding hydrogens is 200 g/mol. The number of hydrogen-bond acceptors (Lipinski definition) is 5. The van der Waals surface area contributed by atoms with Gasteiger partial charge in [-0.05, 0) is 19.9 Å². The largest absolute Gasteiger partial charge is 0.449 e. The summed E-state index contributed by atoms with van der Waals surface area (Å²) >= 11 is 0. The molecule has 7 heteroatoms. The van der Waals surface area contributed by atoms with Gasteiger partial charge < -0.3 is 9.29 Å². The minimum atomic E-state index is -4.78. The van der Waals surface area contributed by atoms with Crippen molar-refractivity contribution in [2.24, 2.45) is 0 Å². The molecule has 13 heavy (non-hydrogen) atoms. The molecule has 6 nitrogen and oxygen atoms in total. The highest BCUT2D eigenvalue weighted by Gasteiger charge is 2.14. The maximum Gasteiger partial charge on any atom is 0.449 e. The highest BCUT2D eigenvalue weighted by molar-refractivity contribution is 7.81. The van der Waals surface area contributed by atoms with E-state index in [1.807, 2.05) is 0 Å². The number of carbonyl (C=O) groups excluding carboxylic acids is 1. The van der Waals surface area contributed by atoms with Crippen LogP contribution in [0.4, 0.5) is 0 Å². The fourth-order valence-electron chi connectivity index (χ4n) is 0.591. The van der Waals surface area contributed by atoms with E-state index in [4.69, 9.17) is 9.66 Å². The molecule has 0 aliphatic carbocycles. The molecule has 0 fully saturated rings. The summed E-state index contributed by atoms with van der Waals surface area (Å²) < 4.78 is 31.8. The molecule has 76 valence electrons. The third kappa shape index (κ3) is 6.26. The Morgan fingerprint density at radius 3 is 2.31 bits per heavy atom. The standard InChI is InChI=1S/C6H10O6S/c1-4(3-5(2)7)6(8)12-13(9,10)11/h3,5,7H,1-2H3,(H,9,10,11)/b4-3+. The van der Waals surface area contributed by atoms with Gasteiger partial charge in [-0.2, -0.15) is 8.42 Å². The molecule has 0 radical (unpaired) electrons. The quantitative estimate of drug-likeness (QED) is 0.488. The zero-order valence-corrected chi connectivity index (χ0v) is 7.91. The van der Waals surface area contributed by atoms with Gasteiger partial charge in [0.1, 0.15) is 0 Å². The molecule has 0 heterocycles. The number of aliphatic hydroxyl groups excluding tert-OH is 1. The van der Waals surface area contributed by atoms with Crippen molar-refractivity contribution in [3.63, 3.8) is 0 Å². The van der Waals surface area contributed by atoms with Crippen LogP contribution in [0.3, 0.4) is 0 Å². The van der Waals surface area contributed by atoms with Crippen LogP contribution >= 0.6 is 0 Å². The van der Waals surface area contributed by atoms with E-state index in [0.717, 1.165) is 6.08 Å². The molecule has 0 aromatic heterocycles. The first kappa shape index (κ1) is 12.1. The average Bonchev–Trinajstić information content (AvgIpc) is 1.81. The van der Waals surface area contributed by atoms with Gasteiger partial charge in [0.15, 0.2) is 0 Å². The van der Waals surface area contributed by atoms with Crippen molar-refractivity contribution in [2.75, 3.05) is 0 Å². The average molecular weight is 210 g/mol. The minimum Gasteiger partial charge on any atom is -0.389 e. The van der Waals surface area contributed by atoms with Crippen molar-refractivity contribution in [1.82, 2.24) is 0 Å². The topological polar surface area (TPSA) is 101 Å². The van der Waals surface area contributed by atoms with Crippen LogP contribution in [0.1, 0.15) is 13.8 Å². The van der Waals surface area contributed by atoms with Gasteiger partial charge in [-0.1, -0.05) is 0 Å². The Labute approximate surface area is 75.8 Å². The lowest BCUT2D eigenvalue weighted by molar-refractivity contribution is -0.130. The lowest BCUT2D eigenvalue weighted by Crippen LogP contribution is -2.13. The zero-order chi connectivity index (χ0) is 10.6. The van der Waals surface area contributed by atoms with E-state index in [-0.39, 0.29) is 5.57 Å². The van der Waals surface area contributed by atoms with E-state index in [2.05, 4.69) is 4.18 Å². The molecule has 0 amide bonds. The first-order valence-corrected chi connectivity index (χ1v) is 4.66. The zero-order valence-electron chi connectivity index (χ0n) is 7.09. The summed E-state index contributed by atoms with van der Waals surface area (Å²) in [6, 6.07) is 0. The predicted octanol–water partition coefficient (Wildman–Crippen LogP) is -0.341. The molecule has 0 saturated heterocycles. The molecular formula is C6H10O6S. The van der Waals surface area contributed by atoms with Crippen LogP contribution in [0, 0.1) is 0 Å². The van der Waals surface area contributed by atoms with Crippen molar-refractivity contribution in [3.05, 3.63) is 11.6 Å². The van der Waals surface area contributed by atoms with Gasteiger partial charge in [0.25, 0.3) is 0 Å². The Bertz CT molecular complexity index is 312. The molecule has 0 spiro atoms. The van der Waals surface area contributed by atoms with Crippen molar-refractivity contribution in [3.8, 4) is 0 Å². The van der Waals surface area contributed by atoms with Gasteiger partial charge in [-0.25, -0.2) is 4.79 Å². The Morgan fingerprint density at radius 1 is 1.54 bits per heavy atom. The molecule has 0 aromatic rings. The Morgan fingerprint density at radius 2 is 2.00 bits per heavy atom. The fraction of sp³-hybridized carbons (Fsp3) is 0.500. The molecule has 0 aliphatic heterocycles. The second-order valence-electron chi connectivity index (χ2n) is 2.39. The van der Waals surface area contributed by atoms with Gasteiger partial charge in [0.2, 0.25) is 0 Å². The molecule has 2 N–H and O–H groups in total. The molecule has 0 aliphatic rings. The summed E-state index contributed by atoms with van der Waals surface area (Å²) in [5.74, 6) is -1.22. The van der Waals surface area contributed by atoms with E-state index in [1.54, 1.807) is 0 Å². The second-order valence-corrected chi connectivity index (χ2v) is 3.41. The highest BCUT2D eigenvalue weighted by Crippen LogP contribution is 2.01. The number of hydrogen-bond donors (Lipinski definition) is 2. The summed E-state index contributed by atoms with van der Waals surface area (Å²) in [6.45, 7) is 2.63. The van der Waals surface area contributed by atoms with Crippen molar-refractivity contribution >= 4 is 16.4 Å². The normalized spacial score (nSPS) is 15.2. The lowest BCUT2D eigenvalue weighted by Gasteiger charge is -2.01. The van der Waals surface area contributed by atoms with Crippen molar-refractivity contribution in [1.29, 1.82) is 0 Å². The van der Waals surface area contributed by atoms with Gasteiger partial charge in [-0.3, -0.25) is 4.55 Å². The van der Waals surface area contributed by atoms with Gasteiger partial charge >= 0.3 is 16.4 Å². The molecule has 1 unspecified atom stereocenters. The summed E-state index contributed by atoms with van der Waals surface area (Å²) in [4.78, 5) is 10.8. The minimum absolute atomic E-state index is 0.104. The van der Waals surface area contributed by atoms with Crippen LogP contribution in [-0.4, -0.2) is 30.2 Å². The van der Waals surface area contributed by atoms with Crippen LogP contribution in [-0.2, 0) is 19.4 Å². The summed E-state index contributed by atoms with van der Waals surface area (Å²) in [6.07, 6.45) is 0.196. The van der Waals surface area contributed by atoms with Crippen LogP contribution in [0.25, 0.3) is 0 Å². The first-order chi connectivity index (χ1) is 5.72.